The molecule has 0 aliphatic heterocycles. The van der Waals surface area contributed by atoms with E-state index < -0.39 is 32.5 Å². The van der Waals surface area contributed by atoms with Crippen molar-refractivity contribution in [2.75, 3.05) is 26.4 Å². The third-order valence-electron chi connectivity index (χ3n) is 8.06. The molecule has 0 saturated heterocycles. The normalized spacial score (nSPS) is 14.1. The number of unbranched alkanes of at least 4 members (excludes halogenated alkanes) is 12. The van der Waals surface area contributed by atoms with Crippen LogP contribution in [-0.2, 0) is 32.7 Å². The molecule has 0 amide bonds. The first-order valence-corrected chi connectivity index (χ1v) is 21.9. The topological polar surface area (TPSA) is 134 Å². The summed E-state index contributed by atoms with van der Waals surface area (Å²) < 4.78 is 32.6. The second-order valence-corrected chi connectivity index (χ2v) is 14.6. The predicted octanol–water partition coefficient (Wildman–Crippen LogP) is 11.5. The third kappa shape index (κ3) is 39.0. The van der Waals surface area contributed by atoms with Gasteiger partial charge in [-0.05, 0) is 83.5 Å². The first kappa shape index (κ1) is 50.5. The summed E-state index contributed by atoms with van der Waals surface area (Å²) in [5.74, 6) is -0.918. The fourth-order valence-corrected chi connectivity index (χ4v) is 5.77. The Labute approximate surface area is 322 Å². The highest BCUT2D eigenvalue weighted by atomic mass is 31.2. The summed E-state index contributed by atoms with van der Waals surface area (Å²) in [5, 5.41) is 0. The fourth-order valence-electron chi connectivity index (χ4n) is 5.01. The van der Waals surface area contributed by atoms with Crippen molar-refractivity contribution in [2.24, 2.45) is 5.73 Å². The minimum absolute atomic E-state index is 0.0392. The van der Waals surface area contributed by atoms with E-state index in [1.54, 1.807) is 0 Å². The van der Waals surface area contributed by atoms with Gasteiger partial charge in [0.2, 0.25) is 0 Å². The molecule has 0 aliphatic carbocycles. The van der Waals surface area contributed by atoms with Crippen molar-refractivity contribution in [3.63, 3.8) is 0 Å². The van der Waals surface area contributed by atoms with E-state index in [9.17, 15) is 19.0 Å². The highest BCUT2D eigenvalue weighted by Crippen LogP contribution is 2.43. The van der Waals surface area contributed by atoms with E-state index in [-0.39, 0.29) is 32.6 Å². The molecule has 9 nitrogen and oxygen atoms in total. The van der Waals surface area contributed by atoms with Crippen LogP contribution in [0.5, 0.6) is 0 Å². The van der Waals surface area contributed by atoms with Gasteiger partial charge in [0, 0.05) is 19.4 Å². The van der Waals surface area contributed by atoms with E-state index in [0.29, 0.717) is 19.3 Å². The molecule has 0 bridgehead atoms. The lowest BCUT2D eigenvalue weighted by atomic mass is 10.1. The predicted molar refractivity (Wildman–Crippen MR) is 219 cm³/mol. The Hall–Kier alpha value is -2.55. The first-order valence-electron chi connectivity index (χ1n) is 20.4. The van der Waals surface area contributed by atoms with Gasteiger partial charge in [0.05, 0.1) is 13.2 Å². The molecule has 0 aromatic carbocycles. The van der Waals surface area contributed by atoms with Gasteiger partial charge in [0.15, 0.2) is 6.10 Å². The molecule has 304 valence electrons. The summed E-state index contributed by atoms with van der Waals surface area (Å²) in [4.78, 5) is 34.8. The Bertz CT molecular complexity index is 1100. The molecule has 0 fully saturated rings. The number of carbonyl (C=O) groups excluding carboxylic acids is 2. The molecule has 0 heterocycles. The number of ether oxygens (including phenoxy) is 2. The van der Waals surface area contributed by atoms with Crippen LogP contribution in [0.25, 0.3) is 0 Å². The Morgan fingerprint density at radius 3 is 1.51 bits per heavy atom. The van der Waals surface area contributed by atoms with Crippen molar-refractivity contribution < 1.29 is 37.6 Å². The molecule has 0 spiro atoms. The lowest BCUT2D eigenvalue weighted by molar-refractivity contribution is -0.161. The van der Waals surface area contributed by atoms with Crippen LogP contribution in [0.1, 0.15) is 155 Å². The molecule has 0 radical (unpaired) electrons. The largest absolute Gasteiger partial charge is 0.472 e. The lowest BCUT2D eigenvalue weighted by Gasteiger charge is -2.19. The average molecular weight is 764 g/mol. The zero-order valence-corrected chi connectivity index (χ0v) is 34.1. The van der Waals surface area contributed by atoms with Crippen molar-refractivity contribution in [1.82, 2.24) is 0 Å². The van der Waals surface area contributed by atoms with Crippen LogP contribution < -0.4 is 5.73 Å². The number of hydrogen-bond donors (Lipinski definition) is 2. The van der Waals surface area contributed by atoms with E-state index in [4.69, 9.17) is 24.3 Å². The van der Waals surface area contributed by atoms with Crippen LogP contribution >= 0.6 is 7.82 Å². The Kier molecular flexibility index (Phi) is 37.3. The van der Waals surface area contributed by atoms with Crippen molar-refractivity contribution >= 4 is 19.8 Å². The smallest absolute Gasteiger partial charge is 0.462 e. The van der Waals surface area contributed by atoms with E-state index in [1.807, 2.05) is 6.08 Å². The van der Waals surface area contributed by atoms with Crippen LogP contribution in [0, 0.1) is 0 Å². The average Bonchev–Trinajstić information content (AvgIpc) is 3.14. The van der Waals surface area contributed by atoms with Gasteiger partial charge >= 0.3 is 19.8 Å². The van der Waals surface area contributed by atoms with Crippen molar-refractivity contribution in [3.05, 3.63) is 72.9 Å². The van der Waals surface area contributed by atoms with Crippen LogP contribution in [-0.4, -0.2) is 49.3 Å². The van der Waals surface area contributed by atoms with Gasteiger partial charge in [-0.3, -0.25) is 18.6 Å². The number of nitrogens with two attached hydrogens (primary N) is 1. The zero-order chi connectivity index (χ0) is 38.9. The van der Waals surface area contributed by atoms with Gasteiger partial charge < -0.3 is 20.1 Å². The Morgan fingerprint density at radius 1 is 0.566 bits per heavy atom. The molecule has 1 unspecified atom stereocenters. The molecular formula is C43H74NO8P. The summed E-state index contributed by atoms with van der Waals surface area (Å²) in [5.41, 5.74) is 5.33. The summed E-state index contributed by atoms with van der Waals surface area (Å²) >= 11 is 0. The van der Waals surface area contributed by atoms with Crippen LogP contribution in [0.2, 0.25) is 0 Å². The fraction of sp³-hybridized carbons (Fsp3) is 0.674. The highest BCUT2D eigenvalue weighted by Gasteiger charge is 2.25. The molecule has 2 atom stereocenters. The molecule has 10 heteroatoms. The minimum atomic E-state index is -4.40. The minimum Gasteiger partial charge on any atom is -0.462 e. The van der Waals surface area contributed by atoms with Crippen LogP contribution in [0.3, 0.4) is 0 Å². The monoisotopic (exact) mass is 764 g/mol. The summed E-state index contributed by atoms with van der Waals surface area (Å²) in [7, 11) is -4.40. The van der Waals surface area contributed by atoms with E-state index in [0.717, 1.165) is 57.8 Å². The molecule has 0 aromatic heterocycles. The number of carbonyl (C=O) groups is 2. The van der Waals surface area contributed by atoms with Crippen LogP contribution in [0.15, 0.2) is 72.9 Å². The van der Waals surface area contributed by atoms with Gasteiger partial charge in [-0.2, -0.15) is 0 Å². The summed E-state index contributed by atoms with van der Waals surface area (Å²) in [6.45, 7) is 3.57. The third-order valence-corrected chi connectivity index (χ3v) is 9.05. The van der Waals surface area contributed by atoms with E-state index in [1.165, 1.54) is 51.4 Å². The maximum Gasteiger partial charge on any atom is 0.472 e. The maximum absolute atomic E-state index is 12.5. The SMILES string of the molecule is CCCCCC=CCC=CCC=CCC=CCCCC(=O)O[C@H](COC(=O)CCCCCCCC=CCC=CCCCCC)COP(=O)(O)OCCN. The summed E-state index contributed by atoms with van der Waals surface area (Å²) in [6.07, 6.45) is 46.5. The summed E-state index contributed by atoms with van der Waals surface area (Å²) in [6, 6.07) is 0. The number of rotatable bonds is 37. The quantitative estimate of drug-likeness (QED) is 0.0274. The number of hydrogen-bond acceptors (Lipinski definition) is 8. The van der Waals surface area contributed by atoms with Gasteiger partial charge in [-0.15, -0.1) is 0 Å². The van der Waals surface area contributed by atoms with Gasteiger partial charge in [0.1, 0.15) is 6.61 Å². The number of phosphoric acid groups is 1. The standard InChI is InChI=1S/C43H74NO8P/c1-3-5-7-9-11-13-15-17-19-20-22-24-26-28-30-32-34-36-43(46)52-41(40-51-53(47,48)50-38-37-44)39-49-42(45)35-33-31-29-27-25-23-21-18-16-14-12-10-8-6-4-2/h11-14,17-19,21-22,24,28,30,41H,3-10,15-16,20,23,25-27,29,31-40,44H2,1-2H3,(H,47,48)/t41-/m1/s1. The van der Waals surface area contributed by atoms with Crippen molar-refractivity contribution in [1.29, 1.82) is 0 Å². The van der Waals surface area contributed by atoms with Gasteiger partial charge in [-0.25, -0.2) is 4.57 Å². The second kappa shape index (κ2) is 39.2. The molecule has 53 heavy (non-hydrogen) atoms. The van der Waals surface area contributed by atoms with Crippen molar-refractivity contribution in [2.45, 2.75) is 161 Å². The Morgan fingerprint density at radius 2 is 1.00 bits per heavy atom. The molecule has 0 aliphatic rings. The van der Waals surface area contributed by atoms with Crippen molar-refractivity contribution in [3.8, 4) is 0 Å². The number of phosphoric ester groups is 1. The lowest BCUT2D eigenvalue weighted by Crippen LogP contribution is -2.29. The molecular weight excluding hydrogens is 689 g/mol. The van der Waals surface area contributed by atoms with E-state index >= 15 is 0 Å². The molecule has 3 N–H and O–H groups in total. The maximum atomic E-state index is 12.5. The number of esters is 2. The van der Waals surface area contributed by atoms with Crippen LogP contribution in [0.4, 0.5) is 0 Å². The second-order valence-electron chi connectivity index (χ2n) is 13.1. The van der Waals surface area contributed by atoms with Gasteiger partial charge in [-0.1, -0.05) is 132 Å². The number of allylic oxidation sites excluding steroid dienone is 12. The van der Waals surface area contributed by atoms with E-state index in [2.05, 4.69) is 80.7 Å². The zero-order valence-electron chi connectivity index (χ0n) is 33.2. The molecule has 0 rings (SSSR count). The highest BCUT2D eigenvalue weighted by molar-refractivity contribution is 7.47. The first-order chi connectivity index (χ1) is 25.8. The Balaban J connectivity index is 4.34. The van der Waals surface area contributed by atoms with Gasteiger partial charge in [0.25, 0.3) is 0 Å². The molecule has 0 aromatic rings. The molecule has 0 saturated carbocycles.